The largest absolute Gasteiger partial charge is 0.388 e. The summed E-state index contributed by atoms with van der Waals surface area (Å²) in [7, 11) is 0. The number of imidazole rings is 1. The summed E-state index contributed by atoms with van der Waals surface area (Å²) in [5.41, 5.74) is 4.94. The van der Waals surface area contributed by atoms with Crippen LogP contribution < -0.4 is 5.73 Å². The number of hydrogen-bond acceptors (Lipinski definition) is 3. The summed E-state index contributed by atoms with van der Waals surface area (Å²) in [5, 5.41) is 8.68. The highest BCUT2D eigenvalue weighted by molar-refractivity contribution is 5.73. The molecule has 5 nitrogen and oxygen atoms in total. The first kappa shape index (κ1) is 7.74. The lowest BCUT2D eigenvalue weighted by atomic mass is 10.5. The predicted molar refractivity (Wildman–Crippen MR) is 37.3 cm³/mol. The van der Waals surface area contributed by atoms with E-state index in [1.165, 1.54) is 10.8 Å². The molecule has 0 bridgehead atoms. The third kappa shape index (κ3) is 1.78. The zero-order valence-electron chi connectivity index (χ0n) is 5.90. The van der Waals surface area contributed by atoms with Gasteiger partial charge in [-0.2, -0.15) is 0 Å². The van der Waals surface area contributed by atoms with Crippen LogP contribution in [0, 0.1) is 0 Å². The van der Waals surface area contributed by atoms with Crippen molar-refractivity contribution in [1.82, 2.24) is 9.55 Å². The Labute approximate surface area is 63.5 Å². The molecule has 0 aliphatic rings. The molecule has 1 aromatic heterocycles. The number of carbonyl (C=O) groups is 1. The SMILES string of the molecule is NC(=O)Cn1ccnc1CO. The molecule has 0 fully saturated rings. The lowest BCUT2D eigenvalue weighted by Gasteiger charge is -2.00. The second-order valence-electron chi connectivity index (χ2n) is 2.10. The number of carbonyl (C=O) groups excluding carboxylic acids is 1. The molecule has 1 rings (SSSR count). The van der Waals surface area contributed by atoms with Crippen molar-refractivity contribution in [3.8, 4) is 0 Å². The fraction of sp³-hybridized carbons (Fsp3) is 0.333. The minimum Gasteiger partial charge on any atom is -0.388 e. The van der Waals surface area contributed by atoms with E-state index in [0.717, 1.165) is 0 Å². The number of nitrogens with zero attached hydrogens (tertiary/aromatic N) is 2. The number of amides is 1. The Morgan fingerprint density at radius 1 is 1.82 bits per heavy atom. The normalized spacial score (nSPS) is 9.91. The van der Waals surface area contributed by atoms with Gasteiger partial charge >= 0.3 is 0 Å². The van der Waals surface area contributed by atoms with Crippen molar-refractivity contribution >= 4 is 5.91 Å². The van der Waals surface area contributed by atoms with Gasteiger partial charge in [-0.3, -0.25) is 4.79 Å². The van der Waals surface area contributed by atoms with Crippen molar-refractivity contribution in [3.63, 3.8) is 0 Å². The standard InChI is InChI=1S/C6H9N3O2/c7-5(11)3-9-2-1-8-6(9)4-10/h1-2,10H,3-4H2,(H2,7,11). The summed E-state index contributed by atoms with van der Waals surface area (Å²) >= 11 is 0. The van der Waals surface area contributed by atoms with Crippen LogP contribution in [0.4, 0.5) is 0 Å². The predicted octanol–water partition coefficient (Wildman–Crippen LogP) is -1.14. The molecule has 3 N–H and O–H groups in total. The summed E-state index contributed by atoms with van der Waals surface area (Å²) in [6, 6.07) is 0. The van der Waals surface area contributed by atoms with Crippen LogP contribution >= 0.6 is 0 Å². The van der Waals surface area contributed by atoms with Gasteiger partial charge < -0.3 is 15.4 Å². The summed E-state index contributed by atoms with van der Waals surface area (Å²) in [6.07, 6.45) is 3.10. The second kappa shape index (κ2) is 3.16. The van der Waals surface area contributed by atoms with E-state index < -0.39 is 5.91 Å². The molecule has 0 aromatic carbocycles. The Bertz CT molecular complexity index is 256. The summed E-state index contributed by atoms with van der Waals surface area (Å²) < 4.78 is 1.50. The van der Waals surface area contributed by atoms with Crippen LogP contribution in [-0.2, 0) is 17.9 Å². The van der Waals surface area contributed by atoms with Gasteiger partial charge in [-0.15, -0.1) is 0 Å². The number of aliphatic hydroxyl groups excluding tert-OH is 1. The molecular formula is C6H9N3O2. The second-order valence-corrected chi connectivity index (χ2v) is 2.10. The van der Waals surface area contributed by atoms with E-state index in [1.807, 2.05) is 0 Å². The van der Waals surface area contributed by atoms with Crippen molar-refractivity contribution in [3.05, 3.63) is 18.2 Å². The Hall–Kier alpha value is -1.36. The monoisotopic (exact) mass is 155 g/mol. The van der Waals surface area contributed by atoms with Gasteiger partial charge in [0.15, 0.2) is 0 Å². The number of rotatable bonds is 3. The minimum absolute atomic E-state index is 0.0654. The maximum Gasteiger partial charge on any atom is 0.237 e. The van der Waals surface area contributed by atoms with Gasteiger partial charge in [0.25, 0.3) is 0 Å². The number of nitrogens with two attached hydrogens (primary N) is 1. The van der Waals surface area contributed by atoms with Crippen molar-refractivity contribution in [2.75, 3.05) is 0 Å². The summed E-state index contributed by atoms with van der Waals surface area (Å²) in [5.74, 6) is 0.00139. The average Bonchev–Trinajstić information content (AvgIpc) is 2.34. The van der Waals surface area contributed by atoms with E-state index in [-0.39, 0.29) is 13.2 Å². The lowest BCUT2D eigenvalue weighted by molar-refractivity contribution is -0.118. The minimum atomic E-state index is -0.447. The third-order valence-corrected chi connectivity index (χ3v) is 1.27. The van der Waals surface area contributed by atoms with Crippen LogP contribution in [0.3, 0.4) is 0 Å². The molecule has 0 radical (unpaired) electrons. The van der Waals surface area contributed by atoms with Crippen molar-refractivity contribution in [2.45, 2.75) is 13.2 Å². The van der Waals surface area contributed by atoms with Crippen LogP contribution in [-0.4, -0.2) is 20.6 Å². The Kier molecular flexibility index (Phi) is 2.22. The zero-order chi connectivity index (χ0) is 8.27. The van der Waals surface area contributed by atoms with Crippen LogP contribution in [0.15, 0.2) is 12.4 Å². The fourth-order valence-corrected chi connectivity index (χ4v) is 0.804. The first-order valence-electron chi connectivity index (χ1n) is 3.13. The summed E-state index contributed by atoms with van der Waals surface area (Å²) in [4.78, 5) is 14.2. The maximum atomic E-state index is 10.4. The highest BCUT2D eigenvalue weighted by atomic mass is 16.3. The van der Waals surface area contributed by atoms with Gasteiger partial charge in [0.1, 0.15) is 19.0 Å². The molecule has 0 saturated heterocycles. The van der Waals surface area contributed by atoms with Gasteiger partial charge in [-0.1, -0.05) is 0 Å². The van der Waals surface area contributed by atoms with Gasteiger partial charge in [0.2, 0.25) is 5.91 Å². The van der Waals surface area contributed by atoms with Crippen molar-refractivity contribution < 1.29 is 9.90 Å². The molecule has 0 spiro atoms. The van der Waals surface area contributed by atoms with E-state index in [2.05, 4.69) is 4.98 Å². The number of primary amides is 1. The molecule has 1 aromatic rings. The molecule has 60 valence electrons. The fourth-order valence-electron chi connectivity index (χ4n) is 0.804. The van der Waals surface area contributed by atoms with Crippen molar-refractivity contribution in [2.24, 2.45) is 5.73 Å². The quantitative estimate of drug-likeness (QED) is 0.579. The van der Waals surface area contributed by atoms with Gasteiger partial charge in [0, 0.05) is 12.4 Å². The molecule has 11 heavy (non-hydrogen) atoms. The smallest absolute Gasteiger partial charge is 0.237 e. The first-order chi connectivity index (χ1) is 5.24. The molecule has 0 saturated carbocycles. The highest BCUT2D eigenvalue weighted by Gasteiger charge is 2.02. The molecule has 5 heteroatoms. The van der Waals surface area contributed by atoms with Crippen LogP contribution in [0.2, 0.25) is 0 Å². The Morgan fingerprint density at radius 2 is 2.55 bits per heavy atom. The maximum absolute atomic E-state index is 10.4. The molecular weight excluding hydrogens is 146 g/mol. The van der Waals surface area contributed by atoms with E-state index in [0.29, 0.717) is 5.82 Å². The number of hydrogen-bond donors (Lipinski definition) is 2. The van der Waals surface area contributed by atoms with E-state index in [9.17, 15) is 4.79 Å². The topological polar surface area (TPSA) is 81.1 Å². The molecule has 1 heterocycles. The highest BCUT2D eigenvalue weighted by Crippen LogP contribution is 1.95. The molecule has 0 aliphatic heterocycles. The van der Waals surface area contributed by atoms with Crippen LogP contribution in [0.25, 0.3) is 0 Å². The number of aromatic nitrogens is 2. The lowest BCUT2D eigenvalue weighted by Crippen LogP contribution is -2.19. The average molecular weight is 155 g/mol. The van der Waals surface area contributed by atoms with Gasteiger partial charge in [-0.05, 0) is 0 Å². The number of aliphatic hydroxyl groups is 1. The third-order valence-electron chi connectivity index (χ3n) is 1.27. The van der Waals surface area contributed by atoms with Crippen LogP contribution in [0.5, 0.6) is 0 Å². The van der Waals surface area contributed by atoms with Crippen LogP contribution in [0.1, 0.15) is 5.82 Å². The van der Waals surface area contributed by atoms with E-state index in [4.69, 9.17) is 10.8 Å². The zero-order valence-corrected chi connectivity index (χ0v) is 5.90. The Balaban J connectivity index is 2.76. The molecule has 0 atom stereocenters. The van der Waals surface area contributed by atoms with Crippen molar-refractivity contribution in [1.29, 1.82) is 0 Å². The summed E-state index contributed by atoms with van der Waals surface area (Å²) in [6.45, 7) is -0.115. The Morgan fingerprint density at radius 3 is 3.09 bits per heavy atom. The molecule has 1 amide bonds. The molecule has 0 unspecified atom stereocenters. The van der Waals surface area contributed by atoms with E-state index in [1.54, 1.807) is 6.20 Å². The van der Waals surface area contributed by atoms with E-state index >= 15 is 0 Å². The molecule has 0 aliphatic carbocycles. The van der Waals surface area contributed by atoms with Gasteiger partial charge in [0.05, 0.1) is 0 Å². The van der Waals surface area contributed by atoms with Gasteiger partial charge in [-0.25, -0.2) is 4.98 Å². The first-order valence-corrected chi connectivity index (χ1v) is 3.13.